The number of hydrogen-bond acceptors (Lipinski definition) is 5. The number of nitroso groups, excluding NO2 is 1. The molecule has 28 heavy (non-hydrogen) atoms. The van der Waals surface area contributed by atoms with Crippen LogP contribution in [0, 0.1) is 4.91 Å². The summed E-state index contributed by atoms with van der Waals surface area (Å²) in [4.78, 5) is 37.2. The third-order valence-corrected chi connectivity index (χ3v) is 4.41. The highest BCUT2D eigenvalue weighted by Gasteiger charge is 2.23. The minimum Gasteiger partial charge on any atom is -0.506 e. The van der Waals surface area contributed by atoms with Crippen LogP contribution >= 0.6 is 0 Å². The van der Waals surface area contributed by atoms with Gasteiger partial charge >= 0.3 is 0 Å². The molecule has 0 aliphatic carbocycles. The molecule has 3 rings (SSSR count). The first-order chi connectivity index (χ1) is 13.3. The monoisotopic (exact) mass is 382 g/mol. The van der Waals surface area contributed by atoms with Crippen molar-refractivity contribution in [1.29, 1.82) is 0 Å². The molecule has 144 valence electrons. The van der Waals surface area contributed by atoms with Crippen molar-refractivity contribution >= 4 is 28.2 Å². The number of aromatic nitrogens is 1. The number of rotatable bonds is 5. The van der Waals surface area contributed by atoms with Gasteiger partial charge in [0.15, 0.2) is 7.05 Å². The molecule has 0 aliphatic heterocycles. The summed E-state index contributed by atoms with van der Waals surface area (Å²) in [6.07, 6.45) is 0.661. The summed E-state index contributed by atoms with van der Waals surface area (Å²) < 4.78 is 2.00. The molecular formula is C20H20N3O5+. The predicted molar refractivity (Wildman–Crippen MR) is 105 cm³/mol. The van der Waals surface area contributed by atoms with Gasteiger partial charge < -0.3 is 20.1 Å². The van der Waals surface area contributed by atoms with E-state index in [1.807, 2.05) is 6.92 Å². The number of nitrogens with zero attached hydrogens (tertiary/aromatic N) is 2. The molecule has 1 amide bonds. The van der Waals surface area contributed by atoms with Crippen LogP contribution in [-0.4, -0.2) is 32.5 Å². The zero-order chi connectivity index (χ0) is 20.4. The number of carbonyl (C=O) groups is 1. The van der Waals surface area contributed by atoms with Crippen LogP contribution in [0.3, 0.4) is 0 Å². The van der Waals surface area contributed by atoms with Crippen molar-refractivity contribution in [2.24, 2.45) is 0 Å². The van der Waals surface area contributed by atoms with Gasteiger partial charge in [-0.2, -0.15) is 0 Å². The molecule has 1 heterocycles. The molecule has 0 saturated carbocycles. The van der Waals surface area contributed by atoms with Gasteiger partial charge in [0.2, 0.25) is 0 Å². The topological polar surface area (TPSA) is 112 Å². The maximum Gasteiger partial charge on any atom is 0.267 e. The number of anilines is 1. The van der Waals surface area contributed by atoms with Crippen LogP contribution in [0.5, 0.6) is 11.5 Å². The molecule has 0 fully saturated rings. The lowest BCUT2D eigenvalue weighted by Crippen LogP contribution is -2.29. The molecule has 0 aliphatic rings. The van der Waals surface area contributed by atoms with Crippen LogP contribution in [0.2, 0.25) is 0 Å². The normalized spacial score (nSPS) is 10.8. The Hall–Kier alpha value is -3.68. The molecule has 0 radical (unpaired) electrons. The Kier molecular flexibility index (Phi) is 5.12. The number of hydrogen-bond donors (Lipinski definition) is 3. The molecule has 3 N–H and O–H groups in total. The Morgan fingerprint density at radius 2 is 1.89 bits per heavy atom. The van der Waals surface area contributed by atoms with Crippen LogP contribution in [-0.2, 0) is 6.54 Å². The van der Waals surface area contributed by atoms with Crippen molar-refractivity contribution in [3.05, 3.63) is 63.3 Å². The SMILES string of the molecule is CCCn1c(=O)c(C(=O)Nc2cc([N+](C)=O)ccc2O)c(O)c2ccccc21. The van der Waals surface area contributed by atoms with Crippen molar-refractivity contribution in [1.82, 2.24) is 4.57 Å². The maximum absolute atomic E-state index is 12.9. The number of nitrogens with one attached hydrogen (secondary N) is 1. The second kappa shape index (κ2) is 7.51. The highest BCUT2D eigenvalue weighted by molar-refractivity contribution is 6.09. The number of fused-ring (bicyclic) bond motifs is 1. The van der Waals surface area contributed by atoms with Gasteiger partial charge in [0.05, 0.1) is 11.2 Å². The maximum atomic E-state index is 12.9. The van der Waals surface area contributed by atoms with Crippen molar-refractivity contribution in [2.75, 3.05) is 12.4 Å². The first-order valence-electron chi connectivity index (χ1n) is 8.74. The zero-order valence-corrected chi connectivity index (χ0v) is 15.5. The minimum atomic E-state index is -0.876. The lowest BCUT2D eigenvalue weighted by Gasteiger charge is -2.14. The first kappa shape index (κ1) is 19.1. The highest BCUT2D eigenvalue weighted by Crippen LogP contribution is 2.30. The highest BCUT2D eigenvalue weighted by atomic mass is 16.3. The molecule has 8 nitrogen and oxygen atoms in total. The van der Waals surface area contributed by atoms with E-state index in [4.69, 9.17) is 0 Å². The lowest BCUT2D eigenvalue weighted by atomic mass is 10.1. The summed E-state index contributed by atoms with van der Waals surface area (Å²) in [6, 6.07) is 10.7. The van der Waals surface area contributed by atoms with Gasteiger partial charge in [-0.1, -0.05) is 19.1 Å². The number of phenols is 1. The standard InChI is InChI=1S/C20H19N3O5/c1-3-10-23-15-7-5-4-6-13(15)18(25)17(20(23)27)19(26)21-14-11-12(22(2)28)8-9-16(14)24/h4-9,11H,3,10H2,1-2H3,(H2-,21,24,25,26,27,28)/p+1. The largest absolute Gasteiger partial charge is 0.506 e. The Morgan fingerprint density at radius 1 is 1.18 bits per heavy atom. The van der Waals surface area contributed by atoms with E-state index in [1.54, 1.807) is 24.3 Å². The van der Waals surface area contributed by atoms with Gasteiger partial charge in [0.25, 0.3) is 17.2 Å². The number of amides is 1. The molecule has 1 aromatic heterocycles. The Morgan fingerprint density at radius 3 is 2.57 bits per heavy atom. The van der Waals surface area contributed by atoms with Crippen molar-refractivity contribution in [2.45, 2.75) is 19.9 Å². The quantitative estimate of drug-likeness (QED) is 0.464. The van der Waals surface area contributed by atoms with E-state index in [2.05, 4.69) is 5.32 Å². The summed E-state index contributed by atoms with van der Waals surface area (Å²) in [5, 5.41) is 23.4. The van der Waals surface area contributed by atoms with Crippen molar-refractivity contribution in [3.63, 3.8) is 0 Å². The fourth-order valence-corrected chi connectivity index (χ4v) is 3.04. The molecule has 0 spiro atoms. The molecule has 0 unspecified atom stereocenters. The van der Waals surface area contributed by atoms with Crippen molar-refractivity contribution in [3.8, 4) is 11.5 Å². The fraction of sp³-hybridized carbons (Fsp3) is 0.200. The second-order valence-corrected chi connectivity index (χ2v) is 6.35. The van der Waals surface area contributed by atoms with Crippen LogP contribution in [0.25, 0.3) is 10.9 Å². The van der Waals surface area contributed by atoms with Gasteiger partial charge in [-0.15, -0.1) is 0 Å². The lowest BCUT2D eigenvalue weighted by molar-refractivity contribution is -0.428. The average molecular weight is 382 g/mol. The van der Waals surface area contributed by atoms with Gasteiger partial charge in [0.1, 0.15) is 17.1 Å². The number of aromatic hydroxyl groups is 2. The number of benzene rings is 2. The van der Waals surface area contributed by atoms with E-state index < -0.39 is 22.8 Å². The summed E-state index contributed by atoms with van der Waals surface area (Å²) in [5.74, 6) is -1.57. The van der Waals surface area contributed by atoms with Crippen LogP contribution in [0.15, 0.2) is 47.3 Å². The van der Waals surface area contributed by atoms with Gasteiger partial charge in [-0.05, 0) is 24.6 Å². The average Bonchev–Trinajstić information content (AvgIpc) is 2.67. The van der Waals surface area contributed by atoms with Gasteiger partial charge in [0, 0.05) is 33.7 Å². The summed E-state index contributed by atoms with van der Waals surface area (Å²) in [5.41, 5.74) is -0.362. The van der Waals surface area contributed by atoms with Crippen LogP contribution in [0.1, 0.15) is 23.7 Å². The Labute approximate surface area is 160 Å². The minimum absolute atomic E-state index is 0.0424. The number of phenolic OH excluding ortho intramolecular Hbond substituents is 1. The molecule has 3 aromatic rings. The summed E-state index contributed by atoms with van der Waals surface area (Å²) >= 11 is 0. The second-order valence-electron chi connectivity index (χ2n) is 6.35. The number of pyridine rings is 1. The number of carbonyl (C=O) groups excluding carboxylic acids is 1. The molecule has 0 bridgehead atoms. The Bertz CT molecular complexity index is 1150. The zero-order valence-electron chi connectivity index (χ0n) is 15.5. The van der Waals surface area contributed by atoms with Crippen LogP contribution < -0.4 is 10.9 Å². The van der Waals surface area contributed by atoms with E-state index in [9.17, 15) is 24.7 Å². The Balaban J connectivity index is 2.14. The summed E-state index contributed by atoms with van der Waals surface area (Å²) in [7, 11) is 1.27. The van der Waals surface area contributed by atoms with E-state index in [1.165, 1.54) is 29.8 Å². The molecule has 8 heteroatoms. The van der Waals surface area contributed by atoms with Gasteiger partial charge in [-0.3, -0.25) is 9.59 Å². The third kappa shape index (κ3) is 3.32. The van der Waals surface area contributed by atoms with E-state index in [-0.39, 0.29) is 17.1 Å². The van der Waals surface area contributed by atoms with E-state index in [0.717, 1.165) is 0 Å². The molecule has 2 aromatic carbocycles. The van der Waals surface area contributed by atoms with E-state index in [0.29, 0.717) is 28.6 Å². The number of para-hydroxylation sites is 1. The summed E-state index contributed by atoms with van der Waals surface area (Å²) in [6.45, 7) is 2.28. The smallest absolute Gasteiger partial charge is 0.267 e. The number of aryl methyl sites for hydroxylation is 1. The van der Waals surface area contributed by atoms with E-state index >= 15 is 0 Å². The third-order valence-electron chi connectivity index (χ3n) is 4.41. The predicted octanol–water partition coefficient (Wildman–Crippen LogP) is 3.12. The molecule has 0 saturated heterocycles. The first-order valence-corrected chi connectivity index (χ1v) is 8.74. The molecular weight excluding hydrogens is 362 g/mol. The molecule has 0 atom stereocenters. The fourth-order valence-electron chi connectivity index (χ4n) is 3.04. The van der Waals surface area contributed by atoms with Crippen LogP contribution in [0.4, 0.5) is 11.4 Å². The van der Waals surface area contributed by atoms with Gasteiger partial charge in [-0.25, -0.2) is 0 Å². The van der Waals surface area contributed by atoms with Crippen molar-refractivity contribution < 1.29 is 19.8 Å².